The number of para-hydroxylation sites is 1. The molecule has 1 fully saturated rings. The van der Waals surface area contributed by atoms with Crippen LogP contribution in [0, 0.1) is 0 Å². The summed E-state index contributed by atoms with van der Waals surface area (Å²) in [6, 6.07) is 15.7. The lowest BCUT2D eigenvalue weighted by Crippen LogP contribution is -2.28. The third-order valence-electron chi connectivity index (χ3n) is 7.35. The van der Waals surface area contributed by atoms with Gasteiger partial charge in [-0.2, -0.15) is 0 Å². The Balaban J connectivity index is 1.39. The van der Waals surface area contributed by atoms with Crippen LogP contribution in [-0.2, 0) is 17.6 Å². The van der Waals surface area contributed by atoms with Gasteiger partial charge in [0.1, 0.15) is 34.3 Å². The molecule has 42 heavy (non-hydrogen) atoms. The zero-order valence-electron chi connectivity index (χ0n) is 24.4. The van der Waals surface area contributed by atoms with Crippen LogP contribution in [0.4, 0.5) is 4.79 Å². The lowest BCUT2D eigenvalue weighted by atomic mass is 9.99. The summed E-state index contributed by atoms with van der Waals surface area (Å²) < 4.78 is 23.2. The van der Waals surface area contributed by atoms with E-state index in [1.165, 1.54) is 12.0 Å². The molecule has 1 aliphatic rings. The molecule has 1 saturated heterocycles. The third kappa shape index (κ3) is 7.08. The molecule has 1 heterocycles. The van der Waals surface area contributed by atoms with E-state index in [-0.39, 0.29) is 11.8 Å². The first kappa shape index (κ1) is 30.6. The van der Waals surface area contributed by atoms with Crippen molar-refractivity contribution in [2.45, 2.75) is 58.4 Å². The van der Waals surface area contributed by atoms with Crippen molar-refractivity contribution in [3.8, 4) is 28.7 Å². The Morgan fingerprint density at radius 1 is 0.952 bits per heavy atom. The van der Waals surface area contributed by atoms with E-state index in [1.54, 1.807) is 30.3 Å². The van der Waals surface area contributed by atoms with Crippen LogP contribution >= 0.6 is 0 Å². The molecule has 1 unspecified atom stereocenters. The van der Waals surface area contributed by atoms with Crippen molar-refractivity contribution in [3.63, 3.8) is 0 Å². The standard InChI is InChI=1S/C33H39NO8/c1-4-11-23-28(15-8-16-29(23)42-30-14-7-6-12-24(30)32(36)39-3)40-18-10-19-41-31-21-27(35)25(20-22(31)5-2)26-13-9-17-34(26)33(37)38/h6-8,12,14-16,20-21,26,35H,4-5,9-11,13,17-19H2,1-3H3,(H,37,38). The maximum atomic E-state index is 12.2. The second kappa shape index (κ2) is 14.5. The highest BCUT2D eigenvalue weighted by atomic mass is 16.5. The largest absolute Gasteiger partial charge is 0.507 e. The molecule has 0 saturated carbocycles. The van der Waals surface area contributed by atoms with Gasteiger partial charge in [-0.1, -0.05) is 38.5 Å². The topological polar surface area (TPSA) is 115 Å². The average Bonchev–Trinajstić information content (AvgIpc) is 3.48. The second-order valence-electron chi connectivity index (χ2n) is 10.1. The predicted molar refractivity (Wildman–Crippen MR) is 158 cm³/mol. The smallest absolute Gasteiger partial charge is 0.407 e. The number of aryl methyl sites for hydroxylation is 1. The van der Waals surface area contributed by atoms with Gasteiger partial charge in [0.05, 0.1) is 26.4 Å². The number of carbonyl (C=O) groups excluding carboxylic acids is 1. The Kier molecular flexibility index (Phi) is 10.5. The summed E-state index contributed by atoms with van der Waals surface area (Å²) in [5.74, 6) is 1.91. The zero-order valence-corrected chi connectivity index (χ0v) is 24.4. The summed E-state index contributed by atoms with van der Waals surface area (Å²) in [5.41, 5.74) is 2.81. The first-order valence-corrected chi connectivity index (χ1v) is 14.5. The number of hydrogen-bond donors (Lipinski definition) is 2. The van der Waals surface area contributed by atoms with Crippen molar-refractivity contribution >= 4 is 12.1 Å². The first-order valence-electron chi connectivity index (χ1n) is 14.5. The number of benzene rings is 3. The van der Waals surface area contributed by atoms with Crippen LogP contribution in [0.3, 0.4) is 0 Å². The van der Waals surface area contributed by atoms with Crippen molar-refractivity contribution in [3.05, 3.63) is 76.9 Å². The number of carbonyl (C=O) groups is 2. The quantitative estimate of drug-likeness (QED) is 0.163. The van der Waals surface area contributed by atoms with Crippen molar-refractivity contribution in [1.82, 2.24) is 4.90 Å². The summed E-state index contributed by atoms with van der Waals surface area (Å²) in [4.78, 5) is 25.2. The predicted octanol–water partition coefficient (Wildman–Crippen LogP) is 7.15. The molecule has 0 aliphatic carbocycles. The van der Waals surface area contributed by atoms with Gasteiger partial charge in [-0.05, 0) is 61.6 Å². The maximum absolute atomic E-state index is 12.2. The lowest BCUT2D eigenvalue weighted by Gasteiger charge is -2.24. The number of likely N-dealkylation sites (tertiary alicyclic amines) is 1. The van der Waals surface area contributed by atoms with E-state index in [4.69, 9.17) is 18.9 Å². The highest BCUT2D eigenvalue weighted by Gasteiger charge is 2.32. The highest BCUT2D eigenvalue weighted by molar-refractivity contribution is 5.92. The van der Waals surface area contributed by atoms with Gasteiger partial charge in [0.25, 0.3) is 0 Å². The molecule has 0 radical (unpaired) electrons. The fourth-order valence-corrected chi connectivity index (χ4v) is 5.28. The molecular weight excluding hydrogens is 538 g/mol. The SMILES string of the molecule is CCCc1c(OCCCOc2cc(O)c(C3CCCN3C(=O)O)cc2CC)cccc1Oc1ccccc1C(=O)OC. The molecule has 4 rings (SSSR count). The van der Waals surface area contributed by atoms with E-state index in [2.05, 4.69) is 6.92 Å². The number of amides is 1. The number of ether oxygens (including phenoxy) is 4. The molecule has 1 amide bonds. The van der Waals surface area contributed by atoms with Gasteiger partial charge in [0.2, 0.25) is 0 Å². The van der Waals surface area contributed by atoms with Gasteiger partial charge in [-0.15, -0.1) is 0 Å². The Morgan fingerprint density at radius 3 is 2.38 bits per heavy atom. The highest BCUT2D eigenvalue weighted by Crippen LogP contribution is 2.40. The van der Waals surface area contributed by atoms with Gasteiger partial charge in [0, 0.05) is 30.2 Å². The molecule has 3 aromatic carbocycles. The summed E-state index contributed by atoms with van der Waals surface area (Å²) in [6.07, 6.45) is 3.38. The third-order valence-corrected chi connectivity index (χ3v) is 7.35. The van der Waals surface area contributed by atoms with Crippen LogP contribution in [0.5, 0.6) is 28.7 Å². The fraction of sp³-hybridized carbons (Fsp3) is 0.394. The second-order valence-corrected chi connectivity index (χ2v) is 10.1. The van der Waals surface area contributed by atoms with E-state index < -0.39 is 12.1 Å². The molecule has 1 atom stereocenters. The van der Waals surface area contributed by atoms with Crippen molar-refractivity contribution in [2.75, 3.05) is 26.9 Å². The minimum Gasteiger partial charge on any atom is -0.507 e. The van der Waals surface area contributed by atoms with Gasteiger partial charge < -0.3 is 34.1 Å². The minimum absolute atomic E-state index is 0.0476. The monoisotopic (exact) mass is 577 g/mol. The van der Waals surface area contributed by atoms with Crippen LogP contribution in [0.1, 0.15) is 72.6 Å². The Bertz CT molecular complexity index is 1390. The van der Waals surface area contributed by atoms with Crippen LogP contribution in [0.2, 0.25) is 0 Å². The van der Waals surface area contributed by atoms with Gasteiger partial charge >= 0.3 is 12.1 Å². The molecule has 1 aliphatic heterocycles. The Hall–Kier alpha value is -4.40. The number of rotatable bonds is 13. The molecule has 0 bridgehead atoms. The number of nitrogens with zero attached hydrogens (tertiary/aromatic N) is 1. The van der Waals surface area contributed by atoms with Crippen LogP contribution in [0.15, 0.2) is 54.6 Å². The van der Waals surface area contributed by atoms with E-state index in [0.717, 1.165) is 30.4 Å². The van der Waals surface area contributed by atoms with Gasteiger partial charge in [-0.25, -0.2) is 9.59 Å². The van der Waals surface area contributed by atoms with Crippen molar-refractivity contribution < 1.29 is 38.7 Å². The Labute approximate surface area is 246 Å². The number of hydrogen-bond acceptors (Lipinski definition) is 7. The summed E-state index contributed by atoms with van der Waals surface area (Å²) >= 11 is 0. The summed E-state index contributed by atoms with van der Waals surface area (Å²) in [7, 11) is 1.34. The number of esters is 1. The number of methoxy groups -OCH3 is 1. The normalized spacial score (nSPS) is 14.5. The maximum Gasteiger partial charge on any atom is 0.407 e. The fourth-order valence-electron chi connectivity index (χ4n) is 5.28. The molecule has 0 spiro atoms. The first-order chi connectivity index (χ1) is 20.4. The van der Waals surface area contributed by atoms with Gasteiger partial charge in [-0.3, -0.25) is 0 Å². The summed E-state index contributed by atoms with van der Waals surface area (Å²) in [5, 5.41) is 20.3. The van der Waals surface area contributed by atoms with E-state index >= 15 is 0 Å². The molecule has 3 aromatic rings. The molecular formula is C33H39NO8. The number of phenolic OH excluding ortho intramolecular Hbond substituents is 1. The van der Waals surface area contributed by atoms with Crippen LogP contribution < -0.4 is 14.2 Å². The number of phenols is 1. The van der Waals surface area contributed by atoms with Crippen molar-refractivity contribution in [2.24, 2.45) is 0 Å². The molecule has 2 N–H and O–H groups in total. The zero-order chi connectivity index (χ0) is 30.1. The van der Waals surface area contributed by atoms with Crippen LogP contribution in [0.25, 0.3) is 0 Å². The number of carboxylic acid groups (broad SMARTS) is 1. The molecule has 0 aromatic heterocycles. The van der Waals surface area contributed by atoms with E-state index in [9.17, 15) is 19.8 Å². The van der Waals surface area contributed by atoms with E-state index in [1.807, 2.05) is 31.2 Å². The lowest BCUT2D eigenvalue weighted by molar-refractivity contribution is 0.0597. The summed E-state index contributed by atoms with van der Waals surface area (Å²) in [6.45, 7) is 5.33. The van der Waals surface area contributed by atoms with Crippen LogP contribution in [-0.4, -0.2) is 54.0 Å². The molecule has 224 valence electrons. The van der Waals surface area contributed by atoms with Crippen molar-refractivity contribution in [1.29, 1.82) is 0 Å². The molecule has 9 heteroatoms. The van der Waals surface area contributed by atoms with Gasteiger partial charge in [0.15, 0.2) is 0 Å². The molecule has 9 nitrogen and oxygen atoms in total. The number of aromatic hydroxyl groups is 1. The average molecular weight is 578 g/mol. The Morgan fingerprint density at radius 2 is 1.67 bits per heavy atom. The van der Waals surface area contributed by atoms with E-state index in [0.29, 0.717) is 73.1 Å². The minimum atomic E-state index is -0.972.